The summed E-state index contributed by atoms with van der Waals surface area (Å²) in [4.78, 5) is 11.6. The second-order valence-electron chi connectivity index (χ2n) is 5.49. The fraction of sp³-hybridized carbons (Fsp3) is 0.929. The predicted octanol–water partition coefficient (Wildman–Crippen LogP) is 3.03. The minimum atomic E-state index is -0.211. The maximum absolute atomic E-state index is 11.6. The number of hydrogen-bond donors (Lipinski definition) is 0. The van der Waals surface area contributed by atoms with Crippen molar-refractivity contribution in [2.24, 2.45) is 17.8 Å². The van der Waals surface area contributed by atoms with Crippen LogP contribution in [0.15, 0.2) is 0 Å². The molecule has 1 fully saturated rings. The molecule has 0 spiro atoms. The van der Waals surface area contributed by atoms with Gasteiger partial charge in [-0.15, -0.1) is 0 Å². The van der Waals surface area contributed by atoms with Gasteiger partial charge in [0.1, 0.15) is 12.7 Å². The van der Waals surface area contributed by atoms with Crippen LogP contribution in [0.4, 0.5) is 0 Å². The molecule has 1 aliphatic rings. The maximum Gasteiger partial charge on any atom is 0.332 e. The van der Waals surface area contributed by atoms with E-state index in [1.165, 1.54) is 12.8 Å². The number of carbonyl (C=O) groups excluding carboxylic acids is 1. The number of hydrogen-bond acceptors (Lipinski definition) is 3. The van der Waals surface area contributed by atoms with Crippen LogP contribution in [0.5, 0.6) is 0 Å². The summed E-state index contributed by atoms with van der Waals surface area (Å²) in [5, 5.41) is 0. The molecule has 0 radical (unpaired) electrons. The van der Waals surface area contributed by atoms with Crippen molar-refractivity contribution in [3.63, 3.8) is 0 Å². The van der Waals surface area contributed by atoms with Crippen LogP contribution in [0.2, 0.25) is 0 Å². The molecule has 1 saturated carbocycles. The van der Waals surface area contributed by atoms with Gasteiger partial charge in [-0.25, -0.2) is 4.79 Å². The SMILES string of the molecule is CCOCC(=O)O[C@H]1C[C@@H](C)CC[C@@H]1C(C)C. The first kappa shape index (κ1) is 14.5. The van der Waals surface area contributed by atoms with Crippen molar-refractivity contribution in [1.82, 2.24) is 0 Å². The zero-order valence-corrected chi connectivity index (χ0v) is 11.6. The number of rotatable bonds is 5. The van der Waals surface area contributed by atoms with E-state index in [4.69, 9.17) is 9.47 Å². The van der Waals surface area contributed by atoms with Crippen LogP contribution in [-0.4, -0.2) is 25.3 Å². The molecule has 1 rings (SSSR count). The standard InChI is InChI=1S/C14H26O3/c1-5-16-9-14(15)17-13-8-11(4)6-7-12(13)10(2)3/h10-13H,5-9H2,1-4H3/t11-,12+,13-/m0/s1. The number of esters is 1. The van der Waals surface area contributed by atoms with Crippen LogP contribution in [0.25, 0.3) is 0 Å². The van der Waals surface area contributed by atoms with Gasteiger partial charge in [-0.3, -0.25) is 0 Å². The molecule has 0 bridgehead atoms. The van der Waals surface area contributed by atoms with Crippen molar-refractivity contribution >= 4 is 5.97 Å². The van der Waals surface area contributed by atoms with Crippen LogP contribution in [-0.2, 0) is 14.3 Å². The minimum Gasteiger partial charge on any atom is -0.460 e. The van der Waals surface area contributed by atoms with Crippen LogP contribution < -0.4 is 0 Å². The second-order valence-corrected chi connectivity index (χ2v) is 5.49. The first-order chi connectivity index (χ1) is 8.04. The Labute approximate surface area is 105 Å². The summed E-state index contributed by atoms with van der Waals surface area (Å²) in [5.74, 6) is 1.54. The third-order valence-electron chi connectivity index (χ3n) is 3.67. The van der Waals surface area contributed by atoms with E-state index in [-0.39, 0.29) is 18.7 Å². The lowest BCUT2D eigenvalue weighted by Gasteiger charge is -2.36. The largest absolute Gasteiger partial charge is 0.460 e. The summed E-state index contributed by atoms with van der Waals surface area (Å²) in [6.07, 6.45) is 3.51. The van der Waals surface area contributed by atoms with Crippen molar-refractivity contribution in [2.75, 3.05) is 13.2 Å². The van der Waals surface area contributed by atoms with Gasteiger partial charge in [0.2, 0.25) is 0 Å². The molecule has 3 heteroatoms. The molecule has 0 saturated heterocycles. The highest BCUT2D eigenvalue weighted by atomic mass is 16.6. The molecule has 0 N–H and O–H groups in total. The van der Waals surface area contributed by atoms with E-state index in [9.17, 15) is 4.79 Å². The average Bonchev–Trinajstić information content (AvgIpc) is 2.26. The van der Waals surface area contributed by atoms with Crippen molar-refractivity contribution in [1.29, 1.82) is 0 Å². The highest BCUT2D eigenvalue weighted by Crippen LogP contribution is 2.35. The number of carbonyl (C=O) groups is 1. The summed E-state index contributed by atoms with van der Waals surface area (Å²) in [6, 6.07) is 0. The zero-order chi connectivity index (χ0) is 12.8. The van der Waals surface area contributed by atoms with Crippen LogP contribution in [0, 0.1) is 17.8 Å². The molecule has 0 amide bonds. The van der Waals surface area contributed by atoms with Crippen molar-refractivity contribution in [3.8, 4) is 0 Å². The predicted molar refractivity (Wildman–Crippen MR) is 67.7 cm³/mol. The fourth-order valence-corrected chi connectivity index (χ4v) is 2.64. The summed E-state index contributed by atoms with van der Waals surface area (Å²) < 4.78 is 10.7. The first-order valence-electron chi connectivity index (χ1n) is 6.81. The van der Waals surface area contributed by atoms with E-state index in [1.807, 2.05) is 6.92 Å². The topological polar surface area (TPSA) is 35.5 Å². The van der Waals surface area contributed by atoms with Gasteiger partial charge in [0.15, 0.2) is 0 Å². The Kier molecular flexibility index (Phi) is 5.96. The summed E-state index contributed by atoms with van der Waals surface area (Å²) in [7, 11) is 0. The maximum atomic E-state index is 11.6. The lowest BCUT2D eigenvalue weighted by Crippen LogP contribution is -2.36. The fourth-order valence-electron chi connectivity index (χ4n) is 2.64. The molecule has 0 heterocycles. The Balaban J connectivity index is 2.48. The summed E-state index contributed by atoms with van der Waals surface area (Å²) in [5.41, 5.74) is 0. The van der Waals surface area contributed by atoms with E-state index < -0.39 is 0 Å². The molecule has 17 heavy (non-hydrogen) atoms. The molecule has 0 aromatic heterocycles. The Bertz CT molecular complexity index is 238. The smallest absolute Gasteiger partial charge is 0.332 e. The van der Waals surface area contributed by atoms with Gasteiger partial charge < -0.3 is 9.47 Å². The van der Waals surface area contributed by atoms with Crippen molar-refractivity contribution in [2.45, 2.75) is 53.1 Å². The minimum absolute atomic E-state index is 0.0895. The van der Waals surface area contributed by atoms with E-state index in [2.05, 4.69) is 20.8 Å². The highest BCUT2D eigenvalue weighted by molar-refractivity contribution is 5.70. The summed E-state index contributed by atoms with van der Waals surface area (Å²) in [6.45, 7) is 9.19. The Morgan fingerprint density at radius 3 is 2.65 bits per heavy atom. The Hall–Kier alpha value is -0.570. The van der Waals surface area contributed by atoms with E-state index >= 15 is 0 Å². The molecule has 0 aromatic rings. The van der Waals surface area contributed by atoms with E-state index in [0.717, 1.165) is 6.42 Å². The van der Waals surface area contributed by atoms with Crippen molar-refractivity contribution in [3.05, 3.63) is 0 Å². The monoisotopic (exact) mass is 242 g/mol. The lowest BCUT2D eigenvalue weighted by molar-refractivity contribution is -0.161. The van der Waals surface area contributed by atoms with Gasteiger partial charge in [-0.1, -0.05) is 27.2 Å². The Morgan fingerprint density at radius 1 is 1.35 bits per heavy atom. The van der Waals surface area contributed by atoms with E-state index in [1.54, 1.807) is 0 Å². The first-order valence-corrected chi connectivity index (χ1v) is 6.81. The molecule has 3 atom stereocenters. The van der Waals surface area contributed by atoms with Gasteiger partial charge in [0, 0.05) is 6.61 Å². The quantitative estimate of drug-likeness (QED) is 0.695. The van der Waals surface area contributed by atoms with Crippen LogP contribution >= 0.6 is 0 Å². The van der Waals surface area contributed by atoms with Crippen molar-refractivity contribution < 1.29 is 14.3 Å². The normalized spacial score (nSPS) is 29.4. The average molecular weight is 242 g/mol. The lowest BCUT2D eigenvalue weighted by atomic mass is 9.75. The molecule has 0 unspecified atom stereocenters. The third kappa shape index (κ3) is 4.66. The van der Waals surface area contributed by atoms with Gasteiger partial charge in [-0.2, -0.15) is 0 Å². The third-order valence-corrected chi connectivity index (χ3v) is 3.67. The molecule has 100 valence electrons. The summed E-state index contributed by atoms with van der Waals surface area (Å²) >= 11 is 0. The Morgan fingerprint density at radius 2 is 2.06 bits per heavy atom. The zero-order valence-electron chi connectivity index (χ0n) is 11.6. The van der Waals surface area contributed by atoms with Gasteiger partial charge in [-0.05, 0) is 37.5 Å². The van der Waals surface area contributed by atoms with Gasteiger partial charge in [0.25, 0.3) is 0 Å². The highest BCUT2D eigenvalue weighted by Gasteiger charge is 2.33. The van der Waals surface area contributed by atoms with Crippen LogP contribution in [0.3, 0.4) is 0 Å². The molecular formula is C14H26O3. The molecule has 3 nitrogen and oxygen atoms in total. The molecule has 1 aliphatic carbocycles. The number of ether oxygens (including phenoxy) is 2. The second kappa shape index (κ2) is 7.00. The van der Waals surface area contributed by atoms with Gasteiger partial charge in [0.05, 0.1) is 0 Å². The molecule has 0 aromatic carbocycles. The van der Waals surface area contributed by atoms with Gasteiger partial charge >= 0.3 is 5.97 Å². The molecular weight excluding hydrogens is 216 g/mol. The van der Waals surface area contributed by atoms with E-state index in [0.29, 0.717) is 24.4 Å². The van der Waals surface area contributed by atoms with Crippen LogP contribution in [0.1, 0.15) is 47.0 Å². The molecule has 0 aliphatic heterocycles.